The van der Waals surface area contributed by atoms with Crippen LogP contribution in [0.3, 0.4) is 0 Å². The molecule has 8 nitrogen and oxygen atoms in total. The molecule has 2 amide bonds. The van der Waals surface area contributed by atoms with E-state index in [4.69, 9.17) is 0 Å². The molecular formula is C22H22F4N6O2. The van der Waals surface area contributed by atoms with Crippen molar-refractivity contribution in [3.8, 4) is 0 Å². The summed E-state index contributed by atoms with van der Waals surface area (Å²) in [6, 6.07) is 4.81. The third-order valence-electron chi connectivity index (χ3n) is 5.73. The molecule has 0 saturated carbocycles. The first-order valence-corrected chi connectivity index (χ1v) is 10.6. The predicted molar refractivity (Wildman–Crippen MR) is 112 cm³/mol. The van der Waals surface area contributed by atoms with Crippen molar-refractivity contribution in [1.82, 2.24) is 30.6 Å². The van der Waals surface area contributed by atoms with Crippen LogP contribution >= 0.6 is 0 Å². The average Bonchev–Trinajstić information content (AvgIpc) is 3.47. The lowest BCUT2D eigenvalue weighted by atomic mass is 10.0. The van der Waals surface area contributed by atoms with Crippen molar-refractivity contribution in [2.24, 2.45) is 0 Å². The van der Waals surface area contributed by atoms with Crippen LogP contribution in [-0.2, 0) is 28.7 Å². The largest absolute Gasteiger partial charge is 0.435 e. The summed E-state index contributed by atoms with van der Waals surface area (Å²) in [4.78, 5) is 25.4. The molecule has 2 aromatic heterocycles. The quantitative estimate of drug-likeness (QED) is 0.454. The van der Waals surface area contributed by atoms with Gasteiger partial charge in [0.05, 0.1) is 23.9 Å². The second-order valence-corrected chi connectivity index (χ2v) is 8.14. The zero-order valence-corrected chi connectivity index (χ0v) is 18.1. The average molecular weight is 478 g/mol. The number of halogens is 4. The minimum atomic E-state index is -4.64. The van der Waals surface area contributed by atoms with Crippen molar-refractivity contribution in [3.05, 3.63) is 70.6 Å². The molecule has 2 heterocycles. The fourth-order valence-corrected chi connectivity index (χ4v) is 4.12. The molecule has 2 unspecified atom stereocenters. The van der Waals surface area contributed by atoms with Crippen LogP contribution in [0.1, 0.15) is 46.5 Å². The number of alkyl halides is 3. The molecule has 12 heteroatoms. The number of amides is 2. The SMILES string of the molecule is Cc1cn(CC(=O)NC(CNC(=O)C2CCc3cn[nH]c32)c2ccccc2F)nc1C(F)(F)F. The van der Waals surface area contributed by atoms with Gasteiger partial charge in [0.1, 0.15) is 12.4 Å². The number of carbonyl (C=O) groups is 2. The Kier molecular flexibility index (Phi) is 6.40. The number of aromatic amines is 1. The molecule has 0 radical (unpaired) electrons. The molecule has 0 fully saturated rings. The van der Waals surface area contributed by atoms with Crippen LogP contribution in [0, 0.1) is 12.7 Å². The van der Waals surface area contributed by atoms with E-state index in [1.807, 2.05) is 0 Å². The zero-order valence-electron chi connectivity index (χ0n) is 18.1. The Morgan fingerprint density at radius 3 is 2.76 bits per heavy atom. The highest BCUT2D eigenvalue weighted by Gasteiger charge is 2.36. The van der Waals surface area contributed by atoms with Crippen molar-refractivity contribution in [1.29, 1.82) is 0 Å². The topological polar surface area (TPSA) is 105 Å². The van der Waals surface area contributed by atoms with Crippen molar-refractivity contribution in [2.45, 2.75) is 44.4 Å². The van der Waals surface area contributed by atoms with Gasteiger partial charge in [-0.2, -0.15) is 23.4 Å². The van der Waals surface area contributed by atoms with Gasteiger partial charge in [0, 0.05) is 18.3 Å². The maximum Gasteiger partial charge on any atom is 0.435 e. The fraction of sp³-hybridized carbons (Fsp3) is 0.364. The van der Waals surface area contributed by atoms with Crippen LogP contribution in [0.25, 0.3) is 0 Å². The van der Waals surface area contributed by atoms with E-state index in [9.17, 15) is 27.2 Å². The summed E-state index contributed by atoms with van der Waals surface area (Å²) >= 11 is 0. The van der Waals surface area contributed by atoms with Gasteiger partial charge in [-0.25, -0.2) is 4.39 Å². The summed E-state index contributed by atoms with van der Waals surface area (Å²) in [5.74, 6) is -2.00. The molecule has 0 spiro atoms. The van der Waals surface area contributed by atoms with Gasteiger partial charge in [-0.3, -0.25) is 19.4 Å². The molecule has 4 rings (SSSR count). The van der Waals surface area contributed by atoms with Crippen LogP contribution in [0.4, 0.5) is 17.6 Å². The van der Waals surface area contributed by atoms with Gasteiger partial charge >= 0.3 is 6.18 Å². The number of nitrogens with one attached hydrogen (secondary N) is 3. The minimum Gasteiger partial charge on any atom is -0.353 e. The van der Waals surface area contributed by atoms with Crippen molar-refractivity contribution >= 4 is 11.8 Å². The summed E-state index contributed by atoms with van der Waals surface area (Å²) < 4.78 is 54.3. The third-order valence-corrected chi connectivity index (χ3v) is 5.73. The minimum absolute atomic E-state index is 0.114. The van der Waals surface area contributed by atoms with Crippen LogP contribution in [0.5, 0.6) is 0 Å². The van der Waals surface area contributed by atoms with Gasteiger partial charge in [0.15, 0.2) is 5.69 Å². The number of fused-ring (bicyclic) bond motifs is 1. The van der Waals surface area contributed by atoms with Gasteiger partial charge < -0.3 is 10.6 Å². The molecule has 2 atom stereocenters. The number of aryl methyl sites for hydroxylation is 2. The van der Waals surface area contributed by atoms with E-state index in [1.54, 1.807) is 12.3 Å². The van der Waals surface area contributed by atoms with Gasteiger partial charge in [-0.1, -0.05) is 18.2 Å². The van der Waals surface area contributed by atoms with E-state index in [2.05, 4.69) is 25.9 Å². The number of nitrogens with zero attached hydrogens (tertiary/aromatic N) is 3. The van der Waals surface area contributed by atoms with Crippen LogP contribution in [-0.4, -0.2) is 38.3 Å². The van der Waals surface area contributed by atoms with Gasteiger partial charge in [0.2, 0.25) is 11.8 Å². The smallest absolute Gasteiger partial charge is 0.353 e. The van der Waals surface area contributed by atoms with Crippen LogP contribution in [0.15, 0.2) is 36.7 Å². The molecule has 0 aliphatic heterocycles. The molecular weight excluding hydrogens is 456 g/mol. The van der Waals surface area contributed by atoms with Gasteiger partial charge in [-0.05, 0) is 37.0 Å². The van der Waals surface area contributed by atoms with E-state index in [1.165, 1.54) is 25.1 Å². The highest BCUT2D eigenvalue weighted by atomic mass is 19.4. The van der Waals surface area contributed by atoms with E-state index >= 15 is 0 Å². The lowest BCUT2D eigenvalue weighted by molar-refractivity contribution is -0.142. The first-order valence-electron chi connectivity index (χ1n) is 10.6. The standard InChI is InChI=1S/C22H22F4N6O2/c1-12-10-32(31-20(12)22(24,25)26)11-18(33)29-17(14-4-2-3-5-16(14)23)9-27-21(34)15-7-6-13-8-28-30-19(13)15/h2-5,8,10,15,17H,6-7,9,11H2,1H3,(H,27,34)(H,28,30)(H,29,33). The maximum atomic E-state index is 14.5. The number of hydrogen-bond donors (Lipinski definition) is 3. The highest BCUT2D eigenvalue weighted by molar-refractivity contribution is 5.84. The number of aromatic nitrogens is 4. The molecule has 1 aliphatic rings. The van der Waals surface area contributed by atoms with Crippen molar-refractivity contribution < 1.29 is 27.2 Å². The fourth-order valence-electron chi connectivity index (χ4n) is 4.12. The van der Waals surface area contributed by atoms with Crippen molar-refractivity contribution in [3.63, 3.8) is 0 Å². The summed E-state index contributed by atoms with van der Waals surface area (Å²) in [7, 11) is 0. The predicted octanol–water partition coefficient (Wildman–Crippen LogP) is 2.78. The molecule has 34 heavy (non-hydrogen) atoms. The Hall–Kier alpha value is -3.70. The molecule has 180 valence electrons. The number of H-pyrrole nitrogens is 1. The lowest BCUT2D eigenvalue weighted by Crippen LogP contribution is -2.40. The van der Waals surface area contributed by atoms with E-state index < -0.39 is 42.1 Å². The normalized spacial score (nSPS) is 16.2. The maximum absolute atomic E-state index is 14.5. The second-order valence-electron chi connectivity index (χ2n) is 8.14. The summed E-state index contributed by atoms with van der Waals surface area (Å²) in [5.41, 5.74) is 0.642. The molecule has 1 aliphatic carbocycles. The van der Waals surface area contributed by atoms with E-state index in [0.717, 1.165) is 22.1 Å². The van der Waals surface area contributed by atoms with Gasteiger partial charge in [-0.15, -0.1) is 0 Å². The second kappa shape index (κ2) is 9.27. The summed E-state index contributed by atoms with van der Waals surface area (Å²) in [5, 5.41) is 15.5. The lowest BCUT2D eigenvalue weighted by Gasteiger charge is -2.21. The van der Waals surface area contributed by atoms with Crippen molar-refractivity contribution in [2.75, 3.05) is 6.54 Å². The first-order chi connectivity index (χ1) is 16.1. The Morgan fingerprint density at radius 2 is 2.06 bits per heavy atom. The number of carbonyl (C=O) groups excluding carboxylic acids is 2. The monoisotopic (exact) mass is 478 g/mol. The van der Waals surface area contributed by atoms with Crippen LogP contribution in [0.2, 0.25) is 0 Å². The first kappa shape index (κ1) is 23.5. The third kappa shape index (κ3) is 4.95. The molecule has 3 N–H and O–H groups in total. The summed E-state index contributed by atoms with van der Waals surface area (Å²) in [6.07, 6.45) is -0.538. The molecule has 3 aromatic rings. The van der Waals surface area contributed by atoms with Crippen LogP contribution < -0.4 is 10.6 Å². The zero-order chi connectivity index (χ0) is 24.5. The Balaban J connectivity index is 1.46. The molecule has 0 bridgehead atoms. The summed E-state index contributed by atoms with van der Waals surface area (Å²) in [6.45, 7) is 0.628. The Labute approximate surface area is 191 Å². The Morgan fingerprint density at radius 1 is 1.29 bits per heavy atom. The number of benzene rings is 1. The molecule has 0 saturated heterocycles. The van der Waals surface area contributed by atoms with E-state index in [0.29, 0.717) is 12.8 Å². The number of rotatable bonds is 7. The van der Waals surface area contributed by atoms with Gasteiger partial charge in [0.25, 0.3) is 0 Å². The number of hydrogen-bond acceptors (Lipinski definition) is 4. The van der Waals surface area contributed by atoms with E-state index in [-0.39, 0.29) is 23.6 Å². The highest BCUT2D eigenvalue weighted by Crippen LogP contribution is 2.31. The molecule has 1 aromatic carbocycles. The Bertz CT molecular complexity index is 1200.